The zero-order chi connectivity index (χ0) is 24.1. The summed E-state index contributed by atoms with van der Waals surface area (Å²) < 4.78 is 29.2. The van der Waals surface area contributed by atoms with Crippen LogP contribution in [0.15, 0.2) is 36.5 Å². The minimum Gasteiger partial charge on any atom is -0.493 e. The Labute approximate surface area is 191 Å². The van der Waals surface area contributed by atoms with Crippen LogP contribution in [0.5, 0.6) is 11.5 Å². The molecule has 1 heterocycles. The lowest BCUT2D eigenvalue weighted by molar-refractivity contribution is -0.151. The fourth-order valence-electron chi connectivity index (χ4n) is 3.74. The number of aromatic nitrogens is 1. The molecule has 1 fully saturated rings. The van der Waals surface area contributed by atoms with Crippen molar-refractivity contribution >= 4 is 17.8 Å². The number of amides is 1. The molecule has 1 N–H and O–H groups in total. The van der Waals surface area contributed by atoms with Gasteiger partial charge in [-0.25, -0.2) is 14.2 Å². The van der Waals surface area contributed by atoms with E-state index in [1.807, 2.05) is 0 Å². The summed E-state index contributed by atoms with van der Waals surface area (Å²) in [6, 6.07) is 6.65. The number of halogens is 1. The van der Waals surface area contributed by atoms with E-state index in [9.17, 15) is 18.8 Å². The molecule has 1 aromatic carbocycles. The average Bonchev–Trinajstić information content (AvgIpc) is 3.60. The van der Waals surface area contributed by atoms with E-state index < -0.39 is 30.0 Å². The van der Waals surface area contributed by atoms with Crippen molar-refractivity contribution in [2.24, 2.45) is 5.92 Å². The van der Waals surface area contributed by atoms with E-state index in [1.165, 1.54) is 45.4 Å². The lowest BCUT2D eigenvalue weighted by Gasteiger charge is -2.26. The molecule has 3 atom stereocenters. The maximum absolute atomic E-state index is 13.3. The van der Waals surface area contributed by atoms with Gasteiger partial charge < -0.3 is 19.5 Å². The first-order valence-electron chi connectivity index (χ1n) is 10.7. The third-order valence-electron chi connectivity index (χ3n) is 5.44. The Kier molecular flexibility index (Phi) is 7.63. The van der Waals surface area contributed by atoms with Gasteiger partial charge in [-0.3, -0.25) is 9.59 Å². The number of esters is 2. The van der Waals surface area contributed by atoms with Gasteiger partial charge in [0.05, 0.1) is 7.11 Å². The summed E-state index contributed by atoms with van der Waals surface area (Å²) in [5, 5.41) is 2.52. The molecular weight excluding hydrogens is 431 g/mol. The van der Waals surface area contributed by atoms with Gasteiger partial charge in [0.1, 0.15) is 18.0 Å². The number of rotatable bonds is 9. The molecule has 0 bridgehead atoms. The zero-order valence-electron chi connectivity index (χ0n) is 19.0. The van der Waals surface area contributed by atoms with Gasteiger partial charge in [0.2, 0.25) is 5.75 Å². The predicted molar refractivity (Wildman–Crippen MR) is 116 cm³/mol. The van der Waals surface area contributed by atoms with E-state index >= 15 is 0 Å². The largest absolute Gasteiger partial charge is 0.493 e. The highest BCUT2D eigenvalue weighted by atomic mass is 19.1. The lowest BCUT2D eigenvalue weighted by atomic mass is 9.89. The van der Waals surface area contributed by atoms with Gasteiger partial charge in [0.25, 0.3) is 5.91 Å². The van der Waals surface area contributed by atoms with E-state index in [1.54, 1.807) is 19.1 Å². The van der Waals surface area contributed by atoms with Crippen molar-refractivity contribution in [3.05, 3.63) is 53.6 Å². The molecule has 0 radical (unpaired) electrons. The third kappa shape index (κ3) is 6.06. The van der Waals surface area contributed by atoms with Crippen molar-refractivity contribution in [2.75, 3.05) is 7.11 Å². The standard InChI is InChI=1S/C24H27FN2O6/c1-13(27-23(29)21-22(33-15(3)28)19(31-4)11-12-26-21)24(30)32-14(2)20(16-5-6-16)17-7-9-18(25)10-8-17/h7-14,16,20H,5-6H2,1-4H3,(H,27,29)/t13-,14-,20-/m0/s1. The number of hydrogen-bond acceptors (Lipinski definition) is 7. The summed E-state index contributed by atoms with van der Waals surface area (Å²) in [4.78, 5) is 40.9. The minimum atomic E-state index is -0.994. The van der Waals surface area contributed by atoms with E-state index in [0.29, 0.717) is 5.92 Å². The summed E-state index contributed by atoms with van der Waals surface area (Å²) in [7, 11) is 1.36. The Balaban J connectivity index is 1.68. The quantitative estimate of drug-likeness (QED) is 0.575. The average molecular weight is 458 g/mol. The summed E-state index contributed by atoms with van der Waals surface area (Å²) in [5.41, 5.74) is 0.710. The van der Waals surface area contributed by atoms with Gasteiger partial charge in [-0.15, -0.1) is 0 Å². The Morgan fingerprint density at radius 3 is 2.36 bits per heavy atom. The third-order valence-corrected chi connectivity index (χ3v) is 5.44. The summed E-state index contributed by atoms with van der Waals surface area (Å²) in [5.74, 6) is -2.01. The molecule has 1 aliphatic carbocycles. The summed E-state index contributed by atoms with van der Waals surface area (Å²) in [6.07, 6.45) is 2.88. The Hall–Kier alpha value is -3.49. The van der Waals surface area contributed by atoms with Crippen LogP contribution in [-0.2, 0) is 14.3 Å². The van der Waals surface area contributed by atoms with Crippen LogP contribution < -0.4 is 14.8 Å². The normalized spacial score (nSPS) is 15.7. The second kappa shape index (κ2) is 10.4. The van der Waals surface area contributed by atoms with E-state index in [-0.39, 0.29) is 28.9 Å². The monoisotopic (exact) mass is 458 g/mol. The number of benzene rings is 1. The predicted octanol–water partition coefficient (Wildman–Crippen LogP) is 3.40. The molecule has 1 amide bonds. The number of carbonyl (C=O) groups excluding carboxylic acids is 3. The summed E-state index contributed by atoms with van der Waals surface area (Å²) >= 11 is 0. The van der Waals surface area contributed by atoms with Crippen LogP contribution in [0, 0.1) is 11.7 Å². The van der Waals surface area contributed by atoms with Crippen LogP contribution in [0.2, 0.25) is 0 Å². The first-order valence-corrected chi connectivity index (χ1v) is 10.7. The SMILES string of the molecule is COc1ccnc(C(=O)N[C@@H](C)C(=O)O[C@@H](C)[C@H](c2ccc(F)cc2)C2CC2)c1OC(C)=O. The smallest absolute Gasteiger partial charge is 0.328 e. The molecule has 33 heavy (non-hydrogen) atoms. The van der Waals surface area contributed by atoms with Crippen molar-refractivity contribution < 1.29 is 33.0 Å². The van der Waals surface area contributed by atoms with Crippen LogP contribution in [0.1, 0.15) is 55.6 Å². The van der Waals surface area contributed by atoms with Gasteiger partial charge >= 0.3 is 11.9 Å². The van der Waals surface area contributed by atoms with Gasteiger partial charge in [0.15, 0.2) is 11.4 Å². The van der Waals surface area contributed by atoms with E-state index in [4.69, 9.17) is 14.2 Å². The zero-order valence-corrected chi connectivity index (χ0v) is 19.0. The molecule has 1 saturated carbocycles. The molecule has 2 aromatic rings. The molecule has 3 rings (SSSR count). The fourth-order valence-corrected chi connectivity index (χ4v) is 3.74. The molecule has 0 aliphatic heterocycles. The van der Waals surface area contributed by atoms with Crippen LogP contribution in [-0.4, -0.2) is 42.1 Å². The molecule has 176 valence electrons. The molecule has 1 aromatic heterocycles. The second-order valence-electron chi connectivity index (χ2n) is 8.04. The highest BCUT2D eigenvalue weighted by Gasteiger charge is 2.38. The second-order valence-corrected chi connectivity index (χ2v) is 8.04. The van der Waals surface area contributed by atoms with Crippen molar-refractivity contribution in [3.8, 4) is 11.5 Å². The molecule has 0 spiro atoms. The number of nitrogens with one attached hydrogen (secondary N) is 1. The van der Waals surface area contributed by atoms with Gasteiger partial charge in [-0.05, 0) is 50.3 Å². The molecule has 8 nitrogen and oxygen atoms in total. The van der Waals surface area contributed by atoms with Crippen molar-refractivity contribution in [1.29, 1.82) is 0 Å². The fraction of sp³-hybridized carbons (Fsp3) is 0.417. The highest BCUT2D eigenvalue weighted by molar-refractivity contribution is 5.98. The Morgan fingerprint density at radius 2 is 1.79 bits per heavy atom. The Morgan fingerprint density at radius 1 is 1.12 bits per heavy atom. The van der Waals surface area contributed by atoms with Crippen LogP contribution >= 0.6 is 0 Å². The molecule has 0 unspecified atom stereocenters. The number of carbonyl (C=O) groups is 3. The number of methoxy groups -OCH3 is 1. The van der Waals surface area contributed by atoms with Crippen molar-refractivity contribution in [1.82, 2.24) is 10.3 Å². The highest BCUT2D eigenvalue weighted by Crippen LogP contribution is 2.45. The summed E-state index contributed by atoms with van der Waals surface area (Å²) in [6.45, 7) is 4.47. The van der Waals surface area contributed by atoms with Crippen molar-refractivity contribution in [2.45, 2.75) is 51.7 Å². The first kappa shape index (κ1) is 24.2. The Bertz CT molecular complexity index is 1020. The maximum atomic E-state index is 13.3. The van der Waals surface area contributed by atoms with Gasteiger partial charge in [-0.1, -0.05) is 12.1 Å². The molecule has 0 saturated heterocycles. The van der Waals surface area contributed by atoms with Gasteiger partial charge in [-0.2, -0.15) is 0 Å². The molecular formula is C24H27FN2O6. The lowest BCUT2D eigenvalue weighted by Crippen LogP contribution is -2.41. The minimum absolute atomic E-state index is 0.0620. The first-order chi connectivity index (χ1) is 15.7. The van der Waals surface area contributed by atoms with Gasteiger partial charge in [0, 0.05) is 25.1 Å². The molecule has 1 aliphatic rings. The van der Waals surface area contributed by atoms with E-state index in [0.717, 1.165) is 18.4 Å². The maximum Gasteiger partial charge on any atom is 0.328 e. The topological polar surface area (TPSA) is 104 Å². The van der Waals surface area contributed by atoms with E-state index in [2.05, 4.69) is 10.3 Å². The van der Waals surface area contributed by atoms with Crippen molar-refractivity contribution in [3.63, 3.8) is 0 Å². The number of ether oxygens (including phenoxy) is 3. The van der Waals surface area contributed by atoms with Crippen LogP contribution in [0.3, 0.4) is 0 Å². The molecule has 9 heteroatoms. The number of hydrogen-bond donors (Lipinski definition) is 1. The van der Waals surface area contributed by atoms with Crippen LogP contribution in [0.25, 0.3) is 0 Å². The van der Waals surface area contributed by atoms with Crippen LogP contribution in [0.4, 0.5) is 4.39 Å². The number of nitrogens with zero attached hydrogens (tertiary/aromatic N) is 1. The number of pyridine rings is 1.